The van der Waals surface area contributed by atoms with Gasteiger partial charge < -0.3 is 34.9 Å². The lowest BCUT2D eigenvalue weighted by Gasteiger charge is -2.19. The molecule has 3 aromatic rings. The molecule has 1 N–H and O–H groups in total. The van der Waals surface area contributed by atoms with Gasteiger partial charge in [0.1, 0.15) is 11.7 Å². The number of benzene rings is 1. The number of allylic oxidation sites excluding steroid dienone is 3. The molecule has 0 aliphatic carbocycles. The number of amides is 1. The molecule has 0 bridgehead atoms. The van der Waals surface area contributed by atoms with Gasteiger partial charge in [0, 0.05) is 48.4 Å². The van der Waals surface area contributed by atoms with E-state index in [2.05, 4.69) is 58.7 Å². The highest BCUT2D eigenvalue weighted by Gasteiger charge is 2.26. The fourth-order valence-electron chi connectivity index (χ4n) is 6.01. The lowest BCUT2D eigenvalue weighted by Crippen LogP contribution is -3.00. The van der Waals surface area contributed by atoms with Crippen LogP contribution in [0.5, 0.6) is 0 Å². The van der Waals surface area contributed by atoms with Gasteiger partial charge in [-0.15, -0.1) is 0 Å². The zero-order valence-corrected chi connectivity index (χ0v) is 34.2. The van der Waals surface area contributed by atoms with Crippen molar-refractivity contribution in [3.05, 3.63) is 123 Å². The zero-order chi connectivity index (χ0) is 38.3. The molecule has 0 atom stereocenters. The van der Waals surface area contributed by atoms with E-state index >= 15 is 0 Å². The monoisotopic (exact) mass is 799 g/mol. The van der Waals surface area contributed by atoms with Crippen LogP contribution in [0, 0.1) is 20.2 Å². The molecule has 0 aliphatic heterocycles. The number of pyridine rings is 2. The average Bonchev–Trinajstić information content (AvgIpc) is 3.12. The molecule has 0 radical (unpaired) electrons. The summed E-state index contributed by atoms with van der Waals surface area (Å²) in [5.41, 5.74) is 1.72. The van der Waals surface area contributed by atoms with E-state index in [0.29, 0.717) is 12.2 Å². The van der Waals surface area contributed by atoms with Gasteiger partial charge in [-0.2, -0.15) is 4.57 Å². The quantitative estimate of drug-likeness (QED) is 0.0485. The van der Waals surface area contributed by atoms with E-state index < -0.39 is 15.4 Å². The van der Waals surface area contributed by atoms with Gasteiger partial charge in [-0.05, 0) is 90.7 Å². The summed E-state index contributed by atoms with van der Waals surface area (Å²) in [5.74, 6) is 0. The van der Waals surface area contributed by atoms with Crippen molar-refractivity contribution in [1.29, 1.82) is 0 Å². The number of aromatic nitrogens is 2. The summed E-state index contributed by atoms with van der Waals surface area (Å²) in [4.78, 5) is 33.1. The van der Waals surface area contributed by atoms with Gasteiger partial charge in [0.2, 0.25) is 0 Å². The first-order valence-electron chi connectivity index (χ1n) is 19.2. The summed E-state index contributed by atoms with van der Waals surface area (Å²) in [5, 5.41) is 25.4. The number of rotatable bonds is 24. The summed E-state index contributed by atoms with van der Waals surface area (Å²) in [6.07, 6.45) is 33.3. The lowest BCUT2D eigenvalue weighted by atomic mass is 10.1. The second-order valence-electron chi connectivity index (χ2n) is 14.5. The Labute approximate surface area is 339 Å². The van der Waals surface area contributed by atoms with Gasteiger partial charge in [0.25, 0.3) is 11.4 Å². The number of halogens is 2. The Morgan fingerprint density at radius 1 is 0.727 bits per heavy atom. The Kier molecular flexibility index (Phi) is 24.1. The number of carbonyl (C=O) groups excluding carboxylic acids is 1. The maximum Gasteiger partial charge on any atom is 0.407 e. The van der Waals surface area contributed by atoms with Gasteiger partial charge in [-0.3, -0.25) is 20.2 Å². The van der Waals surface area contributed by atoms with Crippen LogP contribution in [0.25, 0.3) is 5.69 Å². The smallest absolute Gasteiger partial charge is 0.407 e. The van der Waals surface area contributed by atoms with Crippen LogP contribution in [0.3, 0.4) is 0 Å². The summed E-state index contributed by atoms with van der Waals surface area (Å²) in [7, 11) is 0. The topological polar surface area (TPSA) is 132 Å². The molecular weight excluding hydrogens is 741 g/mol. The summed E-state index contributed by atoms with van der Waals surface area (Å²) in [6.45, 7) is 7.16. The van der Waals surface area contributed by atoms with E-state index in [0.717, 1.165) is 76.0 Å². The Hall–Kier alpha value is -4.35. The second-order valence-corrected chi connectivity index (χ2v) is 14.5. The molecule has 2 aromatic heterocycles. The van der Waals surface area contributed by atoms with Crippen molar-refractivity contribution in [2.45, 2.75) is 129 Å². The number of nitro groups is 2. The number of non-ortho nitro benzene ring substituents is 1. The minimum atomic E-state index is -0.626. The molecule has 0 unspecified atom stereocenters. The summed E-state index contributed by atoms with van der Waals surface area (Å²) < 4.78 is 9.19. The predicted octanol–water partition coefficient (Wildman–Crippen LogP) is 3.57. The molecule has 0 saturated heterocycles. The molecule has 11 nitrogen and oxygen atoms in total. The minimum absolute atomic E-state index is 0. The fraction of sp³-hybridized carbons (Fsp3) is 0.500. The van der Waals surface area contributed by atoms with Crippen molar-refractivity contribution >= 4 is 17.5 Å². The number of aryl methyl sites for hydroxylation is 3. The molecule has 0 spiro atoms. The molecular formula is C42H59Cl2N5O6. The largest absolute Gasteiger partial charge is 1.00 e. The first-order valence-corrected chi connectivity index (χ1v) is 19.2. The molecule has 55 heavy (non-hydrogen) atoms. The molecule has 302 valence electrons. The van der Waals surface area contributed by atoms with Gasteiger partial charge in [0.15, 0.2) is 31.3 Å². The SMILES string of the molecule is CC(C)(C)OC(=O)NCC/C=C/CCCCCCCCc1ccc[n+](CC/C=C/CCCCCc2ccc[n+](-c3ccc([N+](=O)[O-])cc3[N+](=O)[O-])c2)c1.[Cl-].[Cl-]. The molecule has 0 aliphatic rings. The number of alkyl carbamates (subject to hydrolysis) is 1. The minimum Gasteiger partial charge on any atom is -1.00 e. The molecule has 0 saturated carbocycles. The zero-order valence-electron chi connectivity index (χ0n) is 32.7. The molecule has 1 aromatic carbocycles. The fourth-order valence-corrected chi connectivity index (χ4v) is 6.01. The van der Waals surface area contributed by atoms with Crippen LogP contribution in [0.1, 0.15) is 115 Å². The first kappa shape index (κ1) is 48.7. The Morgan fingerprint density at radius 2 is 1.29 bits per heavy atom. The van der Waals surface area contributed by atoms with E-state index in [-0.39, 0.29) is 42.3 Å². The third-order valence-electron chi connectivity index (χ3n) is 8.72. The van der Waals surface area contributed by atoms with E-state index in [1.807, 2.05) is 39.1 Å². The van der Waals surface area contributed by atoms with E-state index in [1.54, 1.807) is 10.8 Å². The molecule has 0 fully saturated rings. The third kappa shape index (κ3) is 20.8. The number of nitrogens with zero attached hydrogens (tertiary/aromatic N) is 4. The molecule has 1 amide bonds. The number of carbonyl (C=O) groups is 1. The van der Waals surface area contributed by atoms with Crippen molar-refractivity contribution in [2.24, 2.45) is 0 Å². The van der Waals surface area contributed by atoms with E-state index in [1.165, 1.54) is 56.2 Å². The Balaban J connectivity index is 0.00000756. The van der Waals surface area contributed by atoms with Crippen molar-refractivity contribution in [3.8, 4) is 5.69 Å². The Bertz CT molecular complexity index is 1660. The van der Waals surface area contributed by atoms with Crippen molar-refractivity contribution in [1.82, 2.24) is 5.32 Å². The van der Waals surface area contributed by atoms with Crippen LogP contribution in [-0.4, -0.2) is 28.1 Å². The normalized spacial score (nSPS) is 11.3. The second kappa shape index (κ2) is 27.3. The standard InChI is InChI=1S/C42H58N5O6.2ClH/c1-42(2,3)53-41(48)43-29-19-15-11-7-5-4-6-9-13-17-23-36-25-21-31-44(34-36)30-20-16-12-8-10-14-18-24-37-26-22-32-45(35-37)39-28-27-38(46(49)50)33-40(39)47(51)52;;/h11-12,15-16,21-22,25-28,31-35H,4-10,13-14,17-20,23-24,29-30H2,1-3H3;2*1H/q+1;;/p-1/b15-11+,16-12+;;. The molecule has 13 heteroatoms. The summed E-state index contributed by atoms with van der Waals surface area (Å²) >= 11 is 0. The lowest BCUT2D eigenvalue weighted by molar-refractivity contribution is -0.696. The van der Waals surface area contributed by atoms with Gasteiger partial charge in [-0.1, -0.05) is 56.4 Å². The molecule has 3 rings (SSSR count). The van der Waals surface area contributed by atoms with Crippen LogP contribution in [0.15, 0.2) is 91.6 Å². The van der Waals surface area contributed by atoms with Crippen LogP contribution in [-0.2, 0) is 24.1 Å². The highest BCUT2D eigenvalue weighted by Crippen LogP contribution is 2.25. The number of ether oxygens (including phenoxy) is 1. The van der Waals surface area contributed by atoms with Crippen molar-refractivity contribution < 1.29 is 53.3 Å². The van der Waals surface area contributed by atoms with E-state index in [4.69, 9.17) is 4.74 Å². The van der Waals surface area contributed by atoms with Crippen LogP contribution < -0.4 is 39.3 Å². The van der Waals surface area contributed by atoms with Gasteiger partial charge in [-0.25, -0.2) is 9.36 Å². The number of hydrogen-bond acceptors (Lipinski definition) is 6. The predicted molar refractivity (Wildman–Crippen MR) is 208 cm³/mol. The van der Waals surface area contributed by atoms with Gasteiger partial charge in [0.05, 0.1) is 9.85 Å². The van der Waals surface area contributed by atoms with Crippen molar-refractivity contribution in [3.63, 3.8) is 0 Å². The van der Waals surface area contributed by atoms with Crippen LogP contribution in [0.2, 0.25) is 0 Å². The van der Waals surface area contributed by atoms with Crippen molar-refractivity contribution in [2.75, 3.05) is 6.54 Å². The number of hydrogen-bond donors (Lipinski definition) is 1. The summed E-state index contributed by atoms with van der Waals surface area (Å²) in [6, 6.07) is 12.0. The maximum atomic E-state index is 11.6. The van der Waals surface area contributed by atoms with Crippen LogP contribution in [0.4, 0.5) is 16.2 Å². The maximum absolute atomic E-state index is 11.6. The highest BCUT2D eigenvalue weighted by molar-refractivity contribution is 5.67. The number of nitro benzene ring substituents is 2. The average molecular weight is 801 g/mol. The highest BCUT2D eigenvalue weighted by atomic mass is 35.5. The number of unbranched alkanes of at least 4 members (excludes halogenated alkanes) is 9. The number of nitrogens with one attached hydrogen (secondary N) is 1. The van der Waals surface area contributed by atoms with Crippen LogP contribution >= 0.6 is 0 Å². The third-order valence-corrected chi connectivity index (χ3v) is 8.72. The van der Waals surface area contributed by atoms with E-state index in [9.17, 15) is 25.0 Å². The Morgan fingerprint density at radius 3 is 1.93 bits per heavy atom. The van der Waals surface area contributed by atoms with Gasteiger partial charge >= 0.3 is 11.8 Å². The first-order chi connectivity index (χ1) is 25.5. The molecule has 2 heterocycles.